The lowest BCUT2D eigenvalue weighted by molar-refractivity contribution is 0.102. The summed E-state index contributed by atoms with van der Waals surface area (Å²) in [4.78, 5) is 13.2. The van der Waals surface area contributed by atoms with E-state index in [2.05, 4.69) is 18.8 Å². The van der Waals surface area contributed by atoms with Crippen LogP contribution >= 0.6 is 23.4 Å². The number of hydrogen-bond donors (Lipinski definition) is 1. The zero-order chi connectivity index (χ0) is 22.4. The Balaban J connectivity index is 2.12. The van der Waals surface area contributed by atoms with Gasteiger partial charge in [0.05, 0.1) is 5.02 Å². The van der Waals surface area contributed by atoms with E-state index in [9.17, 15) is 18.0 Å². The predicted octanol–water partition coefficient (Wildman–Crippen LogP) is 6.72. The molecule has 3 nitrogen and oxygen atoms in total. The van der Waals surface area contributed by atoms with Gasteiger partial charge in [0.25, 0.3) is 5.91 Å². The van der Waals surface area contributed by atoms with Crippen molar-refractivity contribution in [2.45, 2.75) is 30.4 Å². The van der Waals surface area contributed by atoms with Crippen LogP contribution < -0.4 is 5.32 Å². The summed E-state index contributed by atoms with van der Waals surface area (Å²) in [6.07, 6.45) is 0.793. The van der Waals surface area contributed by atoms with E-state index in [0.29, 0.717) is 22.4 Å². The number of ether oxygens (including phenoxy) is 1. The average molecular weight is 458 g/mol. The highest BCUT2D eigenvalue weighted by Gasteiger charge is 2.17. The van der Waals surface area contributed by atoms with Crippen LogP contribution in [0.25, 0.3) is 0 Å². The van der Waals surface area contributed by atoms with E-state index < -0.39 is 23.4 Å². The largest absolute Gasteiger partial charge is 0.384 e. The van der Waals surface area contributed by atoms with Gasteiger partial charge in [0.15, 0.2) is 17.5 Å². The van der Waals surface area contributed by atoms with Gasteiger partial charge < -0.3 is 10.1 Å². The predicted molar refractivity (Wildman–Crippen MR) is 116 cm³/mol. The normalized spacial score (nSPS) is 13.0. The summed E-state index contributed by atoms with van der Waals surface area (Å²) in [6.45, 7) is 8.85. The molecule has 2 atom stereocenters. The quantitative estimate of drug-likeness (QED) is 0.258. The molecular weight excluding hydrogens is 435 g/mol. The lowest BCUT2D eigenvalue weighted by Gasteiger charge is -2.19. The van der Waals surface area contributed by atoms with Gasteiger partial charge >= 0.3 is 0 Å². The van der Waals surface area contributed by atoms with E-state index >= 15 is 0 Å². The number of carbonyl (C=O) groups is 1. The maximum atomic E-state index is 13.4. The molecule has 0 radical (unpaired) electrons. The minimum absolute atomic E-state index is 0.0420. The van der Waals surface area contributed by atoms with Crippen LogP contribution in [0.3, 0.4) is 0 Å². The van der Waals surface area contributed by atoms with Gasteiger partial charge in [0, 0.05) is 47.2 Å². The molecule has 0 bridgehead atoms. The van der Waals surface area contributed by atoms with E-state index in [1.807, 2.05) is 6.92 Å². The lowest BCUT2D eigenvalue weighted by atomic mass is 10.0. The second-order valence-electron chi connectivity index (χ2n) is 7.04. The van der Waals surface area contributed by atoms with E-state index in [-0.39, 0.29) is 16.5 Å². The van der Waals surface area contributed by atoms with Crippen molar-refractivity contribution in [2.75, 3.05) is 19.0 Å². The van der Waals surface area contributed by atoms with E-state index in [1.54, 1.807) is 19.2 Å². The number of halogens is 4. The Morgan fingerprint density at radius 1 is 1.20 bits per heavy atom. The molecule has 0 saturated carbocycles. The fourth-order valence-corrected chi connectivity index (χ4v) is 4.07. The molecule has 0 heterocycles. The van der Waals surface area contributed by atoms with E-state index in [1.165, 1.54) is 17.8 Å². The minimum Gasteiger partial charge on any atom is -0.384 e. The van der Waals surface area contributed by atoms with Crippen molar-refractivity contribution in [1.82, 2.24) is 0 Å². The Morgan fingerprint density at radius 2 is 1.83 bits per heavy atom. The first kappa shape index (κ1) is 24.3. The highest BCUT2D eigenvalue weighted by Crippen LogP contribution is 2.35. The zero-order valence-corrected chi connectivity index (χ0v) is 18.5. The van der Waals surface area contributed by atoms with Gasteiger partial charge in [-0.25, -0.2) is 13.2 Å². The van der Waals surface area contributed by atoms with Crippen molar-refractivity contribution in [3.05, 3.63) is 70.5 Å². The number of rotatable bonds is 9. The minimum atomic E-state index is -1.59. The average Bonchev–Trinajstić information content (AvgIpc) is 2.67. The molecule has 30 heavy (non-hydrogen) atoms. The molecule has 0 saturated heterocycles. The van der Waals surface area contributed by atoms with Crippen molar-refractivity contribution >= 4 is 35.0 Å². The van der Waals surface area contributed by atoms with Crippen molar-refractivity contribution < 1.29 is 22.7 Å². The molecule has 2 rings (SSSR count). The van der Waals surface area contributed by atoms with Crippen LogP contribution in [0.5, 0.6) is 0 Å². The summed E-state index contributed by atoms with van der Waals surface area (Å²) in [5, 5.41) is 2.87. The summed E-state index contributed by atoms with van der Waals surface area (Å²) in [5.74, 6) is -4.62. The third-order valence-corrected chi connectivity index (χ3v) is 6.10. The van der Waals surface area contributed by atoms with Gasteiger partial charge in [-0.2, -0.15) is 0 Å². The van der Waals surface area contributed by atoms with E-state index in [4.69, 9.17) is 16.3 Å². The summed E-state index contributed by atoms with van der Waals surface area (Å²) in [6, 6.07) is 6.11. The topological polar surface area (TPSA) is 38.3 Å². The number of carbonyl (C=O) groups excluding carboxylic acids is 1. The van der Waals surface area contributed by atoms with Crippen LogP contribution in [0.4, 0.5) is 18.9 Å². The number of anilines is 1. The third kappa shape index (κ3) is 6.52. The standard InChI is InChI=1S/C22H23ClF3NO2S/c1-12(11-29-4)7-13(2)14(3)30-20-8-15(5-6-17(20)23)22(28)27-16-9-18(24)21(26)19(25)10-16/h5-6,8-10,12,14H,2,7,11H2,1,3-4H3,(H,27,28). The molecule has 0 aliphatic heterocycles. The molecule has 2 aromatic carbocycles. The fraction of sp³-hybridized carbons (Fsp3) is 0.318. The smallest absolute Gasteiger partial charge is 0.255 e. The molecule has 2 unspecified atom stereocenters. The van der Waals surface area contributed by atoms with E-state index in [0.717, 1.165) is 24.1 Å². The number of benzene rings is 2. The summed E-state index contributed by atoms with van der Waals surface area (Å²) < 4.78 is 45.0. The highest BCUT2D eigenvalue weighted by molar-refractivity contribution is 8.00. The Kier molecular flexibility index (Phi) is 8.82. The van der Waals surface area contributed by atoms with Crippen molar-refractivity contribution in [3.8, 4) is 0 Å². The molecule has 1 N–H and O–H groups in total. The van der Waals surface area contributed by atoms with Gasteiger partial charge in [-0.05, 0) is 37.5 Å². The Morgan fingerprint density at radius 3 is 2.43 bits per heavy atom. The number of nitrogens with one attached hydrogen (secondary N) is 1. The molecule has 0 aliphatic carbocycles. The maximum Gasteiger partial charge on any atom is 0.255 e. The summed E-state index contributed by atoms with van der Waals surface area (Å²) in [5.41, 5.74) is 1.08. The maximum absolute atomic E-state index is 13.4. The Labute approximate surface area is 183 Å². The van der Waals surface area contributed by atoms with Crippen LogP contribution in [0.1, 0.15) is 30.6 Å². The van der Waals surface area contributed by atoms with Crippen molar-refractivity contribution in [1.29, 1.82) is 0 Å². The SMILES string of the molecule is C=C(CC(C)COC)C(C)Sc1cc(C(=O)Nc2cc(F)c(F)c(F)c2)ccc1Cl. The molecule has 0 spiro atoms. The molecule has 0 fully saturated rings. The number of amides is 1. The highest BCUT2D eigenvalue weighted by atomic mass is 35.5. The van der Waals surface area contributed by atoms with Crippen LogP contribution in [0, 0.1) is 23.4 Å². The van der Waals surface area contributed by atoms with Crippen LogP contribution in [-0.4, -0.2) is 24.9 Å². The van der Waals surface area contributed by atoms with Gasteiger partial charge in [-0.15, -0.1) is 11.8 Å². The number of hydrogen-bond acceptors (Lipinski definition) is 3. The molecule has 0 aromatic heterocycles. The second-order valence-corrected chi connectivity index (χ2v) is 8.83. The molecule has 8 heteroatoms. The zero-order valence-electron chi connectivity index (χ0n) is 16.9. The van der Waals surface area contributed by atoms with Crippen LogP contribution in [0.2, 0.25) is 5.02 Å². The first-order valence-corrected chi connectivity index (χ1v) is 10.5. The number of thioether (sulfide) groups is 1. The summed E-state index contributed by atoms with van der Waals surface area (Å²) >= 11 is 7.74. The molecule has 0 aliphatic rings. The monoisotopic (exact) mass is 457 g/mol. The number of methoxy groups -OCH3 is 1. The molecular formula is C22H23ClF3NO2S. The van der Waals surface area contributed by atoms with Crippen LogP contribution in [-0.2, 0) is 4.74 Å². The summed E-state index contributed by atoms with van der Waals surface area (Å²) in [7, 11) is 1.66. The fourth-order valence-electron chi connectivity index (χ4n) is 2.80. The Bertz CT molecular complexity index is 916. The first-order chi connectivity index (χ1) is 14.1. The van der Waals surface area contributed by atoms with Gasteiger partial charge in [0.1, 0.15) is 0 Å². The first-order valence-electron chi connectivity index (χ1n) is 9.21. The van der Waals surface area contributed by atoms with Crippen LogP contribution in [0.15, 0.2) is 47.4 Å². The Hall–Kier alpha value is -1.96. The molecule has 2 aromatic rings. The van der Waals surface area contributed by atoms with Crippen molar-refractivity contribution in [3.63, 3.8) is 0 Å². The molecule has 162 valence electrons. The third-order valence-electron chi connectivity index (χ3n) is 4.38. The second kappa shape index (κ2) is 10.9. The van der Waals surface area contributed by atoms with Crippen molar-refractivity contribution in [2.24, 2.45) is 5.92 Å². The lowest BCUT2D eigenvalue weighted by Crippen LogP contribution is -2.13. The van der Waals surface area contributed by atoms with Gasteiger partial charge in [-0.1, -0.05) is 30.7 Å². The molecule has 1 amide bonds. The van der Waals surface area contributed by atoms with Gasteiger partial charge in [0.2, 0.25) is 0 Å². The van der Waals surface area contributed by atoms with Gasteiger partial charge in [-0.3, -0.25) is 4.79 Å².